The molecule has 4 atom stereocenters. The topological polar surface area (TPSA) is 66.5 Å². The number of rotatable bonds is 4. The number of carbonyl (C=O) groups excluding carboxylic acids is 3. The second-order valence-corrected chi connectivity index (χ2v) is 11.1. The third kappa shape index (κ3) is 3.50. The lowest BCUT2D eigenvalue weighted by molar-refractivity contribution is -0.121. The molecule has 41 heavy (non-hydrogen) atoms. The van der Waals surface area contributed by atoms with E-state index >= 15 is 0 Å². The zero-order valence-electron chi connectivity index (χ0n) is 22.0. The molecule has 3 aliphatic heterocycles. The van der Waals surface area contributed by atoms with Crippen LogP contribution in [0.3, 0.4) is 0 Å². The normalized spacial score (nSPS) is 23.9. The van der Waals surface area contributed by atoms with Gasteiger partial charge >= 0.3 is 0 Å². The Bertz CT molecular complexity index is 1800. The molecule has 5 nitrogen and oxygen atoms in total. The molecule has 4 aromatic carbocycles. The fourth-order valence-electron chi connectivity index (χ4n) is 7.00. The molecule has 1 amide bonds. The van der Waals surface area contributed by atoms with Crippen LogP contribution >= 0.6 is 11.6 Å². The van der Waals surface area contributed by atoms with Crippen LogP contribution in [0.4, 0.5) is 15.8 Å². The number of fused-ring (bicyclic) bond motifs is 6. The first-order valence-electron chi connectivity index (χ1n) is 13.4. The Hall–Kier alpha value is -4.55. The van der Waals surface area contributed by atoms with Gasteiger partial charge in [-0.2, -0.15) is 0 Å². The monoisotopic (exact) mass is 562 g/mol. The van der Waals surface area contributed by atoms with E-state index in [0.29, 0.717) is 11.3 Å². The van der Waals surface area contributed by atoms with Gasteiger partial charge in [0.15, 0.2) is 11.6 Å². The van der Waals surface area contributed by atoms with Crippen molar-refractivity contribution in [2.24, 2.45) is 5.92 Å². The molecule has 0 unspecified atom stereocenters. The van der Waals surface area contributed by atoms with Crippen LogP contribution in [0.5, 0.6) is 0 Å². The van der Waals surface area contributed by atoms with Crippen LogP contribution in [-0.2, 0) is 10.2 Å². The minimum absolute atomic E-state index is 0.221. The fraction of sp³-hybridized carbons (Fsp3) is 0.147. The molecular formula is C34H24ClFN2O3. The lowest BCUT2D eigenvalue weighted by Crippen LogP contribution is -2.51. The summed E-state index contributed by atoms with van der Waals surface area (Å²) in [5.41, 5.74) is 2.91. The van der Waals surface area contributed by atoms with Gasteiger partial charge in [0.25, 0.3) is 0 Å². The number of halogens is 2. The smallest absolute Gasteiger partial charge is 0.238 e. The van der Waals surface area contributed by atoms with E-state index in [-0.39, 0.29) is 27.8 Å². The second-order valence-electron chi connectivity index (χ2n) is 10.7. The number of amides is 1. The number of nitrogens with zero attached hydrogens (tertiary/aromatic N) is 1. The van der Waals surface area contributed by atoms with Gasteiger partial charge in [-0.3, -0.25) is 14.4 Å². The average molecular weight is 563 g/mol. The van der Waals surface area contributed by atoms with Gasteiger partial charge in [-0.25, -0.2) is 4.39 Å². The maximum absolute atomic E-state index is 14.7. The van der Waals surface area contributed by atoms with Crippen molar-refractivity contribution >= 4 is 46.0 Å². The molecule has 7 rings (SSSR count). The Balaban J connectivity index is 1.57. The highest BCUT2D eigenvalue weighted by molar-refractivity contribution is 6.34. The molecule has 1 N–H and O–H groups in total. The van der Waals surface area contributed by atoms with Crippen LogP contribution in [0, 0.1) is 11.7 Å². The fourth-order valence-corrected chi connectivity index (χ4v) is 7.23. The van der Waals surface area contributed by atoms with Crippen molar-refractivity contribution in [2.75, 3.05) is 10.2 Å². The van der Waals surface area contributed by atoms with Gasteiger partial charge in [-0.1, -0.05) is 66.2 Å². The first-order valence-corrected chi connectivity index (χ1v) is 13.8. The van der Waals surface area contributed by atoms with Crippen LogP contribution in [0.15, 0.2) is 103 Å². The molecule has 4 aromatic rings. The number of para-hydroxylation sites is 2. The molecule has 0 aliphatic carbocycles. The van der Waals surface area contributed by atoms with Crippen molar-refractivity contribution in [3.63, 3.8) is 0 Å². The summed E-state index contributed by atoms with van der Waals surface area (Å²) in [5, 5.41) is 3.27. The van der Waals surface area contributed by atoms with E-state index in [9.17, 15) is 18.8 Å². The summed E-state index contributed by atoms with van der Waals surface area (Å²) in [6.45, 7) is 1.97. The van der Waals surface area contributed by atoms with Gasteiger partial charge < -0.3 is 10.2 Å². The Morgan fingerprint density at radius 1 is 0.878 bits per heavy atom. The Morgan fingerprint density at radius 3 is 2.34 bits per heavy atom. The molecule has 0 bridgehead atoms. The number of allylic oxidation sites excluding steroid dienone is 1. The summed E-state index contributed by atoms with van der Waals surface area (Å²) in [4.78, 5) is 45.7. The Labute approximate surface area is 241 Å². The molecule has 7 heteroatoms. The van der Waals surface area contributed by atoms with Gasteiger partial charge in [-0.15, -0.1) is 0 Å². The number of anilines is 2. The third-order valence-corrected chi connectivity index (χ3v) is 9.03. The van der Waals surface area contributed by atoms with Gasteiger partial charge in [0, 0.05) is 28.1 Å². The number of nitrogens with one attached hydrogen (secondary N) is 1. The SMILES string of the molecule is CC1=C[C@H]2N(c3ccccc31)[C@@H](C(=O)c1ccccc1Cl)[C@@H](C(=O)c1ccc(F)cc1)[C@]21C(=O)Nc2ccccc21. The zero-order chi connectivity index (χ0) is 28.5. The molecule has 1 saturated heterocycles. The van der Waals surface area contributed by atoms with E-state index in [1.165, 1.54) is 24.3 Å². The maximum atomic E-state index is 14.7. The van der Waals surface area contributed by atoms with E-state index in [4.69, 9.17) is 11.6 Å². The maximum Gasteiger partial charge on any atom is 0.238 e. The zero-order valence-corrected chi connectivity index (χ0v) is 22.7. The van der Waals surface area contributed by atoms with E-state index in [1.54, 1.807) is 24.3 Å². The molecule has 0 radical (unpaired) electrons. The van der Waals surface area contributed by atoms with Crippen LogP contribution in [0.1, 0.15) is 38.8 Å². The summed E-state index contributed by atoms with van der Waals surface area (Å²) in [6, 6.07) is 25.3. The van der Waals surface area contributed by atoms with Crippen LogP contribution in [0.25, 0.3) is 5.57 Å². The largest absolute Gasteiger partial charge is 0.352 e. The Kier molecular flexibility index (Phi) is 5.73. The highest BCUT2D eigenvalue weighted by atomic mass is 35.5. The molecule has 3 heterocycles. The Morgan fingerprint density at radius 2 is 1.56 bits per heavy atom. The second kappa shape index (κ2) is 9.25. The molecular weight excluding hydrogens is 539 g/mol. The number of ketones is 2. The van der Waals surface area contributed by atoms with Crippen LogP contribution < -0.4 is 10.2 Å². The lowest BCUT2D eigenvalue weighted by Gasteiger charge is -2.39. The van der Waals surface area contributed by atoms with Crippen LogP contribution in [0.2, 0.25) is 5.02 Å². The predicted molar refractivity (Wildman–Crippen MR) is 157 cm³/mol. The summed E-state index contributed by atoms with van der Waals surface area (Å²) in [7, 11) is 0. The molecule has 1 spiro atoms. The van der Waals surface area contributed by atoms with E-state index < -0.39 is 35.0 Å². The van der Waals surface area contributed by atoms with Crippen molar-refractivity contribution in [3.05, 3.63) is 136 Å². The molecule has 3 aliphatic rings. The van der Waals surface area contributed by atoms with E-state index in [2.05, 4.69) is 5.32 Å². The lowest BCUT2D eigenvalue weighted by atomic mass is 9.64. The standard InChI is InChI=1S/C34H24ClFN2O3/c1-19-18-28-34(24-10-4-6-12-26(24)37-33(34)41)29(31(39)20-14-16-21(36)17-15-20)30(32(40)23-9-2-5-11-25(23)35)38(28)27-13-7-3-8-22(19)27/h2-18,28-30H,1H3,(H,37,41)/t28-,29+,30-,34-/m1/s1. The minimum atomic E-state index is -1.45. The van der Waals surface area contributed by atoms with Crippen LogP contribution in [-0.4, -0.2) is 29.6 Å². The van der Waals surface area contributed by atoms with Crippen molar-refractivity contribution in [3.8, 4) is 0 Å². The van der Waals surface area contributed by atoms with Gasteiger partial charge in [-0.05, 0) is 66.6 Å². The third-order valence-electron chi connectivity index (χ3n) is 8.70. The quantitative estimate of drug-likeness (QED) is 0.280. The minimum Gasteiger partial charge on any atom is -0.352 e. The predicted octanol–water partition coefficient (Wildman–Crippen LogP) is 6.73. The van der Waals surface area contributed by atoms with Crippen molar-refractivity contribution in [1.82, 2.24) is 0 Å². The number of benzene rings is 4. The average Bonchev–Trinajstić information content (AvgIpc) is 3.45. The molecule has 202 valence electrons. The summed E-state index contributed by atoms with van der Waals surface area (Å²) in [6.07, 6.45) is 1.99. The van der Waals surface area contributed by atoms with Crippen molar-refractivity contribution in [1.29, 1.82) is 0 Å². The van der Waals surface area contributed by atoms with Gasteiger partial charge in [0.05, 0.1) is 17.0 Å². The van der Waals surface area contributed by atoms with Gasteiger partial charge in [0.1, 0.15) is 17.3 Å². The van der Waals surface area contributed by atoms with Crippen molar-refractivity contribution < 1.29 is 18.8 Å². The number of hydrogen-bond donors (Lipinski definition) is 1. The summed E-state index contributed by atoms with van der Waals surface area (Å²) in [5.74, 6) is -2.77. The highest BCUT2D eigenvalue weighted by Crippen LogP contribution is 2.59. The van der Waals surface area contributed by atoms with Gasteiger partial charge in [0.2, 0.25) is 5.91 Å². The summed E-state index contributed by atoms with van der Waals surface area (Å²) < 4.78 is 13.9. The first-order chi connectivity index (χ1) is 19.8. The number of Topliss-reactive ketones (excluding diaryl/α,β-unsaturated/α-hetero) is 2. The molecule has 0 aromatic heterocycles. The summed E-state index contributed by atoms with van der Waals surface area (Å²) >= 11 is 6.56. The van der Waals surface area contributed by atoms with Crippen molar-refractivity contribution in [2.45, 2.75) is 24.4 Å². The number of hydrogen-bond acceptors (Lipinski definition) is 4. The molecule has 0 saturated carbocycles. The highest BCUT2D eigenvalue weighted by Gasteiger charge is 2.70. The first kappa shape index (κ1) is 25.4. The molecule has 1 fully saturated rings. The number of carbonyl (C=O) groups is 3. The van der Waals surface area contributed by atoms with E-state index in [1.807, 2.05) is 66.4 Å². The van der Waals surface area contributed by atoms with E-state index in [0.717, 1.165) is 16.8 Å².